The van der Waals surface area contributed by atoms with E-state index >= 15 is 0 Å². The minimum absolute atomic E-state index is 0.224. The number of hydrogen-bond acceptors (Lipinski definition) is 6. The summed E-state index contributed by atoms with van der Waals surface area (Å²) in [6.07, 6.45) is 0. The van der Waals surface area contributed by atoms with Crippen molar-refractivity contribution in [2.45, 2.75) is 19.9 Å². The van der Waals surface area contributed by atoms with Gasteiger partial charge in [-0.15, -0.1) is 0 Å². The van der Waals surface area contributed by atoms with Gasteiger partial charge in [-0.25, -0.2) is 4.79 Å². The van der Waals surface area contributed by atoms with Crippen LogP contribution in [0.1, 0.15) is 25.5 Å². The van der Waals surface area contributed by atoms with Gasteiger partial charge in [-0.1, -0.05) is 18.2 Å². The summed E-state index contributed by atoms with van der Waals surface area (Å²) in [5.41, 5.74) is 0.952. The van der Waals surface area contributed by atoms with Gasteiger partial charge < -0.3 is 24.8 Å². The summed E-state index contributed by atoms with van der Waals surface area (Å²) in [5.74, 6) is -1.36. The predicted octanol–water partition coefficient (Wildman–Crippen LogP) is 2.49. The van der Waals surface area contributed by atoms with Crippen molar-refractivity contribution < 1.29 is 23.8 Å². The Morgan fingerprint density at radius 1 is 1.26 bits per heavy atom. The summed E-state index contributed by atoms with van der Waals surface area (Å²) in [7, 11) is 0. The number of hydrogen-bond donors (Lipinski definition) is 2. The lowest BCUT2D eigenvalue weighted by Crippen LogP contribution is -2.51. The topological polar surface area (TPSA) is 85.9 Å². The van der Waals surface area contributed by atoms with Crippen molar-refractivity contribution in [2.75, 3.05) is 19.8 Å². The Morgan fingerprint density at radius 2 is 1.96 bits per heavy atom. The quantitative estimate of drug-likeness (QED) is 0.522. The third kappa shape index (κ3) is 5.33. The molecule has 0 aromatic heterocycles. The molecule has 0 saturated carbocycles. The van der Waals surface area contributed by atoms with Crippen LogP contribution >= 0.6 is 23.8 Å². The SMILES string of the molecule is C=C1NC(=S)N[C@@H](c2cc(Cl)ccc2OCC(=O)OCC)[C@@H]1C(=O)OCC. The van der Waals surface area contributed by atoms with Crippen LogP contribution in [-0.2, 0) is 19.1 Å². The number of halogens is 1. The fourth-order valence-electron chi connectivity index (χ4n) is 2.69. The van der Waals surface area contributed by atoms with Crippen LogP contribution in [0.4, 0.5) is 0 Å². The highest BCUT2D eigenvalue weighted by molar-refractivity contribution is 7.80. The Hall–Kier alpha value is -2.32. The maximum atomic E-state index is 12.5. The van der Waals surface area contributed by atoms with Crippen LogP contribution in [0, 0.1) is 5.92 Å². The van der Waals surface area contributed by atoms with Gasteiger partial charge in [0.1, 0.15) is 11.7 Å². The second kappa shape index (κ2) is 9.57. The molecule has 7 nitrogen and oxygen atoms in total. The first kappa shape index (κ1) is 21.0. The molecular formula is C18H21ClN2O5S. The average molecular weight is 413 g/mol. The van der Waals surface area contributed by atoms with Crippen LogP contribution < -0.4 is 15.4 Å². The molecule has 0 radical (unpaired) electrons. The zero-order valence-corrected chi connectivity index (χ0v) is 16.6. The summed E-state index contributed by atoms with van der Waals surface area (Å²) < 4.78 is 15.6. The second-order valence-electron chi connectivity index (χ2n) is 5.61. The smallest absolute Gasteiger partial charge is 0.344 e. The number of carbonyl (C=O) groups is 2. The van der Waals surface area contributed by atoms with Crippen LogP contribution in [0.2, 0.25) is 5.02 Å². The number of rotatable bonds is 7. The molecule has 1 aromatic rings. The summed E-state index contributed by atoms with van der Waals surface area (Å²) in [4.78, 5) is 24.1. The van der Waals surface area contributed by atoms with Gasteiger partial charge in [0, 0.05) is 16.3 Å². The number of thiocarbonyl (C=S) groups is 1. The van der Waals surface area contributed by atoms with E-state index in [1.54, 1.807) is 32.0 Å². The van der Waals surface area contributed by atoms with E-state index < -0.39 is 23.9 Å². The molecule has 1 aliphatic heterocycles. The standard InChI is InChI=1S/C18H21ClN2O5S/c1-4-24-14(22)9-26-13-7-6-11(19)8-12(13)16-15(17(23)25-5-2)10(3)20-18(27)21-16/h6-8,15-16H,3-5,9H2,1-2H3,(H2,20,21,27)/t15-,16+/m1/s1. The Bertz CT molecular complexity index is 755. The monoisotopic (exact) mass is 412 g/mol. The van der Waals surface area contributed by atoms with Crippen molar-refractivity contribution in [3.05, 3.63) is 41.1 Å². The van der Waals surface area contributed by atoms with E-state index in [2.05, 4.69) is 17.2 Å². The number of nitrogens with one attached hydrogen (secondary N) is 2. The van der Waals surface area contributed by atoms with Crippen LogP contribution in [0.25, 0.3) is 0 Å². The summed E-state index contributed by atoms with van der Waals surface area (Å²) in [5, 5.41) is 6.63. The van der Waals surface area contributed by atoms with Crippen LogP contribution in [0.5, 0.6) is 5.75 Å². The highest BCUT2D eigenvalue weighted by Crippen LogP contribution is 2.37. The lowest BCUT2D eigenvalue weighted by atomic mass is 9.88. The Morgan fingerprint density at radius 3 is 2.63 bits per heavy atom. The number of esters is 2. The van der Waals surface area contributed by atoms with E-state index in [0.29, 0.717) is 27.1 Å². The molecule has 0 spiro atoms. The molecule has 0 unspecified atom stereocenters. The van der Waals surface area contributed by atoms with Gasteiger partial charge in [0.15, 0.2) is 11.7 Å². The van der Waals surface area contributed by atoms with Crippen molar-refractivity contribution >= 4 is 40.9 Å². The van der Waals surface area contributed by atoms with E-state index in [9.17, 15) is 9.59 Å². The van der Waals surface area contributed by atoms with Crippen LogP contribution in [0.3, 0.4) is 0 Å². The minimum Gasteiger partial charge on any atom is -0.482 e. The highest BCUT2D eigenvalue weighted by Gasteiger charge is 2.39. The molecule has 2 N–H and O–H groups in total. The molecule has 1 fully saturated rings. The molecule has 1 aliphatic rings. The molecule has 0 amide bonds. The molecule has 9 heteroatoms. The Kier molecular flexibility index (Phi) is 7.44. The van der Waals surface area contributed by atoms with E-state index in [-0.39, 0.29) is 19.8 Å². The molecule has 27 heavy (non-hydrogen) atoms. The van der Waals surface area contributed by atoms with E-state index in [0.717, 1.165) is 0 Å². The Balaban J connectivity index is 2.37. The summed E-state index contributed by atoms with van der Waals surface area (Å²) >= 11 is 11.3. The molecule has 2 atom stereocenters. The summed E-state index contributed by atoms with van der Waals surface area (Å²) in [6, 6.07) is 4.27. The fraction of sp³-hybridized carbons (Fsp3) is 0.389. The van der Waals surface area contributed by atoms with Crippen molar-refractivity contribution in [1.82, 2.24) is 10.6 Å². The zero-order valence-electron chi connectivity index (χ0n) is 15.0. The third-order valence-corrected chi connectivity index (χ3v) is 4.22. The first-order chi connectivity index (χ1) is 12.9. The van der Waals surface area contributed by atoms with Gasteiger partial charge in [0.25, 0.3) is 0 Å². The fourth-order valence-corrected chi connectivity index (χ4v) is 3.12. The van der Waals surface area contributed by atoms with Crippen LogP contribution in [0.15, 0.2) is 30.5 Å². The first-order valence-corrected chi connectivity index (χ1v) is 9.16. The van der Waals surface area contributed by atoms with Gasteiger partial charge in [0.2, 0.25) is 0 Å². The van der Waals surface area contributed by atoms with Gasteiger partial charge in [-0.3, -0.25) is 4.79 Å². The largest absolute Gasteiger partial charge is 0.482 e. The average Bonchev–Trinajstić information content (AvgIpc) is 2.60. The molecular weight excluding hydrogens is 392 g/mol. The van der Waals surface area contributed by atoms with Crippen molar-refractivity contribution in [1.29, 1.82) is 0 Å². The number of benzene rings is 1. The lowest BCUT2D eigenvalue weighted by molar-refractivity contribution is -0.148. The molecule has 1 heterocycles. The van der Waals surface area contributed by atoms with Crippen molar-refractivity contribution in [3.63, 3.8) is 0 Å². The molecule has 146 valence electrons. The normalized spacial score (nSPS) is 18.9. The van der Waals surface area contributed by atoms with E-state index in [4.69, 9.17) is 38.0 Å². The van der Waals surface area contributed by atoms with Crippen LogP contribution in [-0.4, -0.2) is 36.9 Å². The molecule has 1 saturated heterocycles. The summed E-state index contributed by atoms with van der Waals surface area (Å²) in [6.45, 7) is 7.52. The Labute approximate surface area is 168 Å². The van der Waals surface area contributed by atoms with E-state index in [1.807, 2.05) is 0 Å². The molecule has 0 bridgehead atoms. The van der Waals surface area contributed by atoms with Gasteiger partial charge in [-0.05, 0) is 44.3 Å². The molecule has 2 rings (SSSR count). The minimum atomic E-state index is -0.764. The highest BCUT2D eigenvalue weighted by atomic mass is 35.5. The maximum absolute atomic E-state index is 12.5. The number of carbonyl (C=O) groups excluding carboxylic acids is 2. The molecule has 0 aliphatic carbocycles. The second-order valence-corrected chi connectivity index (χ2v) is 6.45. The maximum Gasteiger partial charge on any atom is 0.344 e. The van der Waals surface area contributed by atoms with Gasteiger partial charge in [0.05, 0.1) is 19.3 Å². The molecule has 1 aromatic carbocycles. The first-order valence-electron chi connectivity index (χ1n) is 8.38. The van der Waals surface area contributed by atoms with Gasteiger partial charge >= 0.3 is 11.9 Å². The zero-order chi connectivity index (χ0) is 20.0. The number of ether oxygens (including phenoxy) is 3. The van der Waals surface area contributed by atoms with E-state index in [1.165, 1.54) is 0 Å². The third-order valence-electron chi connectivity index (χ3n) is 3.77. The van der Waals surface area contributed by atoms with Crippen molar-refractivity contribution in [3.8, 4) is 5.75 Å². The lowest BCUT2D eigenvalue weighted by Gasteiger charge is -2.35. The van der Waals surface area contributed by atoms with Gasteiger partial charge in [-0.2, -0.15) is 0 Å². The predicted molar refractivity (Wildman–Crippen MR) is 104 cm³/mol. The van der Waals surface area contributed by atoms with Crippen molar-refractivity contribution in [2.24, 2.45) is 5.92 Å².